The van der Waals surface area contributed by atoms with Crippen LogP contribution in [0.3, 0.4) is 0 Å². The summed E-state index contributed by atoms with van der Waals surface area (Å²) in [6.45, 7) is 5.15. The number of unbranched alkanes of at least 4 members (excludes halogenated alkanes) is 1. The number of alkyl halides is 3. The Morgan fingerprint density at radius 2 is 2.00 bits per heavy atom. The van der Waals surface area contributed by atoms with Crippen molar-refractivity contribution >= 4 is 16.7 Å². The van der Waals surface area contributed by atoms with Crippen molar-refractivity contribution in [2.45, 2.75) is 57.7 Å². The van der Waals surface area contributed by atoms with Gasteiger partial charge in [0.1, 0.15) is 12.1 Å². The smallest absolute Gasteiger partial charge is 0.352 e. The molecule has 1 N–H and O–H groups in total. The summed E-state index contributed by atoms with van der Waals surface area (Å²) in [5, 5.41) is 4.11. The van der Waals surface area contributed by atoms with Crippen molar-refractivity contribution in [2.75, 3.05) is 24.5 Å². The molecule has 0 saturated carbocycles. The number of nitrogens with one attached hydrogen (secondary N) is 1. The molecule has 0 aliphatic carbocycles. The first-order valence-corrected chi connectivity index (χ1v) is 10.1. The Bertz CT molecular complexity index is 832. The number of aromatic nitrogens is 3. The van der Waals surface area contributed by atoms with Crippen LogP contribution in [-0.2, 0) is 6.42 Å². The fraction of sp³-hybridized carbons (Fsp3) is 0.650. The van der Waals surface area contributed by atoms with Crippen LogP contribution in [-0.4, -0.2) is 46.8 Å². The highest BCUT2D eigenvalue weighted by molar-refractivity contribution is 5.89. The van der Waals surface area contributed by atoms with E-state index in [1.807, 2.05) is 0 Å². The predicted molar refractivity (Wildman–Crippen MR) is 102 cm³/mol. The number of hydrogen-bond donors (Lipinski definition) is 1. The minimum absolute atomic E-state index is 0.0123. The van der Waals surface area contributed by atoms with Gasteiger partial charge in [-0.25, -0.2) is 9.97 Å². The van der Waals surface area contributed by atoms with E-state index < -0.39 is 12.6 Å². The normalized spacial score (nSPS) is 21.9. The van der Waals surface area contributed by atoms with E-state index >= 15 is 0 Å². The molecule has 2 aromatic heterocycles. The summed E-state index contributed by atoms with van der Waals surface area (Å²) in [4.78, 5) is 15.0. The Labute approximate surface area is 162 Å². The first-order valence-electron chi connectivity index (χ1n) is 10.1. The van der Waals surface area contributed by atoms with Gasteiger partial charge in [0.05, 0.1) is 23.8 Å². The summed E-state index contributed by atoms with van der Waals surface area (Å²) in [6, 6.07) is 1.90. The van der Waals surface area contributed by atoms with Crippen molar-refractivity contribution in [3.63, 3.8) is 0 Å². The fourth-order valence-electron chi connectivity index (χ4n) is 4.79. The summed E-state index contributed by atoms with van der Waals surface area (Å²) in [6.07, 6.45) is 3.24. The maximum absolute atomic E-state index is 12.8. The van der Waals surface area contributed by atoms with E-state index in [0.717, 1.165) is 57.6 Å². The van der Waals surface area contributed by atoms with Crippen LogP contribution in [0.25, 0.3) is 10.9 Å². The third kappa shape index (κ3) is 3.66. The number of hydrogen-bond acceptors (Lipinski definition) is 5. The zero-order valence-electron chi connectivity index (χ0n) is 16.1. The summed E-state index contributed by atoms with van der Waals surface area (Å²) >= 11 is 0. The highest BCUT2D eigenvalue weighted by Crippen LogP contribution is 2.49. The minimum atomic E-state index is -4.28. The zero-order valence-corrected chi connectivity index (χ0v) is 16.1. The van der Waals surface area contributed by atoms with Gasteiger partial charge in [-0.2, -0.15) is 13.2 Å². The third-order valence-electron chi connectivity index (χ3n) is 6.21. The molecule has 1 atom stereocenters. The Kier molecular flexibility index (Phi) is 5.16. The number of halogens is 3. The molecule has 2 fully saturated rings. The van der Waals surface area contributed by atoms with Crippen LogP contribution in [0.5, 0.6) is 0 Å². The van der Waals surface area contributed by atoms with Crippen molar-refractivity contribution in [3.05, 3.63) is 24.3 Å². The highest BCUT2D eigenvalue weighted by atomic mass is 19.4. The second kappa shape index (κ2) is 7.46. The van der Waals surface area contributed by atoms with Gasteiger partial charge in [0, 0.05) is 23.4 Å². The van der Waals surface area contributed by atoms with Crippen LogP contribution in [0.4, 0.5) is 19.0 Å². The molecule has 0 bridgehead atoms. The van der Waals surface area contributed by atoms with Gasteiger partial charge < -0.3 is 10.2 Å². The summed E-state index contributed by atoms with van der Waals surface area (Å²) in [5.41, 5.74) is 0.897. The predicted octanol–water partition coefficient (Wildman–Crippen LogP) is 3.88. The van der Waals surface area contributed by atoms with E-state index in [1.54, 1.807) is 0 Å². The van der Waals surface area contributed by atoms with Gasteiger partial charge in [-0.3, -0.25) is 4.98 Å². The van der Waals surface area contributed by atoms with Crippen molar-refractivity contribution in [1.82, 2.24) is 20.3 Å². The highest BCUT2D eigenvalue weighted by Gasteiger charge is 2.52. The molecule has 4 heterocycles. The second-order valence-corrected chi connectivity index (χ2v) is 8.08. The van der Waals surface area contributed by atoms with Crippen molar-refractivity contribution in [3.8, 4) is 0 Å². The number of piperidine rings is 1. The van der Waals surface area contributed by atoms with E-state index in [2.05, 4.69) is 32.1 Å². The van der Waals surface area contributed by atoms with E-state index in [4.69, 9.17) is 0 Å². The van der Waals surface area contributed by atoms with Gasteiger partial charge in [0.25, 0.3) is 0 Å². The van der Waals surface area contributed by atoms with Crippen molar-refractivity contribution in [1.29, 1.82) is 0 Å². The molecule has 2 saturated heterocycles. The van der Waals surface area contributed by atoms with Crippen LogP contribution < -0.4 is 10.2 Å². The molecule has 5 nitrogen and oxygen atoms in total. The molecule has 1 spiro atoms. The zero-order chi connectivity index (χ0) is 19.8. The van der Waals surface area contributed by atoms with Crippen molar-refractivity contribution in [2.24, 2.45) is 5.41 Å². The molecule has 2 aromatic rings. The Hall–Kier alpha value is -1.96. The van der Waals surface area contributed by atoms with Gasteiger partial charge in [-0.05, 0) is 38.4 Å². The minimum Gasteiger partial charge on any atom is -0.352 e. The first kappa shape index (κ1) is 19.4. The molecule has 2 aliphatic heterocycles. The molecule has 0 radical (unpaired) electrons. The van der Waals surface area contributed by atoms with Gasteiger partial charge in [0.2, 0.25) is 0 Å². The summed E-state index contributed by atoms with van der Waals surface area (Å²) < 4.78 is 38.5. The molecule has 0 aromatic carbocycles. The lowest BCUT2D eigenvalue weighted by Gasteiger charge is -2.60. The quantitative estimate of drug-likeness (QED) is 0.836. The van der Waals surface area contributed by atoms with Crippen LogP contribution >= 0.6 is 0 Å². The largest absolute Gasteiger partial charge is 0.394 e. The Balaban J connectivity index is 1.68. The number of pyridine rings is 1. The van der Waals surface area contributed by atoms with E-state index in [0.29, 0.717) is 22.4 Å². The first-order chi connectivity index (χ1) is 13.4. The molecular formula is C20H26F3N5. The molecule has 8 heteroatoms. The number of nitrogens with zero attached hydrogens (tertiary/aromatic N) is 4. The fourth-order valence-corrected chi connectivity index (χ4v) is 4.79. The maximum Gasteiger partial charge on any atom is 0.394 e. The summed E-state index contributed by atoms with van der Waals surface area (Å²) in [5.74, 6) is 0.751. The number of fused-ring (bicyclic) bond motifs is 1. The molecule has 28 heavy (non-hydrogen) atoms. The molecule has 4 rings (SSSR count). The average Bonchev–Trinajstić information content (AvgIpc) is 2.66. The Morgan fingerprint density at radius 3 is 2.71 bits per heavy atom. The summed E-state index contributed by atoms with van der Waals surface area (Å²) in [7, 11) is 0. The Morgan fingerprint density at radius 1 is 1.21 bits per heavy atom. The lowest BCUT2D eigenvalue weighted by atomic mass is 9.64. The van der Waals surface area contributed by atoms with Crippen LogP contribution in [0.2, 0.25) is 0 Å². The van der Waals surface area contributed by atoms with E-state index in [9.17, 15) is 13.2 Å². The maximum atomic E-state index is 12.8. The number of anilines is 1. The second-order valence-electron chi connectivity index (χ2n) is 8.08. The van der Waals surface area contributed by atoms with Gasteiger partial charge in [-0.1, -0.05) is 19.8 Å². The molecule has 152 valence electrons. The molecule has 0 amide bonds. The van der Waals surface area contributed by atoms with E-state index in [-0.39, 0.29) is 5.69 Å². The topological polar surface area (TPSA) is 53.9 Å². The van der Waals surface area contributed by atoms with Gasteiger partial charge in [0.15, 0.2) is 0 Å². The molecule has 2 aliphatic rings. The lowest BCUT2D eigenvalue weighted by molar-refractivity contribution is -0.127. The van der Waals surface area contributed by atoms with Gasteiger partial charge in [-0.15, -0.1) is 0 Å². The van der Waals surface area contributed by atoms with Crippen LogP contribution in [0.1, 0.15) is 44.7 Å². The van der Waals surface area contributed by atoms with Gasteiger partial charge >= 0.3 is 6.18 Å². The van der Waals surface area contributed by atoms with E-state index in [1.165, 1.54) is 18.6 Å². The average molecular weight is 393 g/mol. The van der Waals surface area contributed by atoms with Crippen molar-refractivity contribution < 1.29 is 13.2 Å². The standard InChI is InChI=1S/C20H26F3N5/c1-2-3-4-17-19(5-7-24-8-6-19)12-28(17)18-15-9-14(10-20(21,22)23)25-11-16(15)26-13-27-18/h9,11,13,17,24H,2-8,10,12H2,1H3. The monoisotopic (exact) mass is 393 g/mol. The third-order valence-corrected chi connectivity index (χ3v) is 6.21. The SMILES string of the molecule is CCCCC1N(c2ncnc3cnc(CC(F)(F)F)cc23)CC12CCNCC2. The molecular weight excluding hydrogens is 367 g/mol. The van der Waals surface area contributed by atoms with Crippen LogP contribution in [0.15, 0.2) is 18.6 Å². The van der Waals surface area contributed by atoms with Crippen LogP contribution in [0, 0.1) is 5.41 Å². The number of rotatable bonds is 5. The molecule has 1 unspecified atom stereocenters. The lowest BCUT2D eigenvalue weighted by Crippen LogP contribution is -2.67.